The molecule has 2 fully saturated rings. The van der Waals surface area contributed by atoms with Gasteiger partial charge in [0.15, 0.2) is 0 Å². The van der Waals surface area contributed by atoms with Crippen LogP contribution in [0.5, 0.6) is 0 Å². The Labute approximate surface area is 99.8 Å². The lowest BCUT2D eigenvalue weighted by molar-refractivity contribution is -0.0426. The molecular weight excluding hydrogens is 198 g/mol. The van der Waals surface area contributed by atoms with Crippen molar-refractivity contribution in [3.8, 4) is 0 Å². The predicted octanol–water partition coefficient (Wildman–Crippen LogP) is 2.85. The van der Waals surface area contributed by atoms with Crippen molar-refractivity contribution in [2.45, 2.75) is 76.4 Å². The second-order valence-electron chi connectivity index (χ2n) is 5.81. The van der Waals surface area contributed by atoms with E-state index in [1.807, 2.05) is 0 Å². The zero-order chi connectivity index (χ0) is 11.4. The number of hydrogen-bond donors (Lipinski definition) is 2. The summed E-state index contributed by atoms with van der Waals surface area (Å²) in [6.45, 7) is 3.38. The Hall–Kier alpha value is -0.0800. The van der Waals surface area contributed by atoms with E-state index in [0.29, 0.717) is 6.04 Å². The lowest BCUT2D eigenvalue weighted by Gasteiger charge is -2.41. The van der Waals surface area contributed by atoms with Crippen molar-refractivity contribution in [1.29, 1.82) is 0 Å². The molecule has 2 heteroatoms. The van der Waals surface area contributed by atoms with Crippen LogP contribution in [0.25, 0.3) is 0 Å². The van der Waals surface area contributed by atoms with Crippen LogP contribution in [0.1, 0.15) is 64.7 Å². The quantitative estimate of drug-likeness (QED) is 0.757. The highest BCUT2D eigenvalue weighted by molar-refractivity contribution is 4.95. The summed E-state index contributed by atoms with van der Waals surface area (Å²) in [6.07, 6.45) is 10.8. The molecule has 0 bridgehead atoms. The van der Waals surface area contributed by atoms with E-state index in [1.54, 1.807) is 0 Å². The molecule has 94 valence electrons. The average Bonchev–Trinajstić information content (AvgIpc) is 2.59. The Morgan fingerprint density at radius 2 is 1.88 bits per heavy atom. The molecule has 1 aliphatic carbocycles. The molecule has 2 N–H and O–H groups in total. The standard InChI is InChI=1S/C14H27NO/c1-2-12-7-9-14(16,10-8-12)13-6-4-3-5-11-15-13/h12-13,15-16H,2-11H2,1H3. The molecule has 1 heterocycles. The van der Waals surface area contributed by atoms with E-state index in [9.17, 15) is 5.11 Å². The fraction of sp³-hybridized carbons (Fsp3) is 1.00. The van der Waals surface area contributed by atoms with Crippen LogP contribution in [-0.2, 0) is 0 Å². The Kier molecular flexibility index (Phi) is 4.26. The first kappa shape index (κ1) is 12.4. The van der Waals surface area contributed by atoms with Crippen LogP contribution in [0.2, 0.25) is 0 Å². The van der Waals surface area contributed by atoms with Crippen molar-refractivity contribution in [1.82, 2.24) is 5.32 Å². The first-order valence-corrected chi connectivity index (χ1v) is 7.20. The molecule has 16 heavy (non-hydrogen) atoms. The molecule has 1 saturated heterocycles. The molecule has 1 unspecified atom stereocenters. The van der Waals surface area contributed by atoms with Crippen molar-refractivity contribution in [2.24, 2.45) is 5.92 Å². The van der Waals surface area contributed by atoms with Gasteiger partial charge in [-0.25, -0.2) is 0 Å². The molecule has 0 aromatic carbocycles. The summed E-state index contributed by atoms with van der Waals surface area (Å²) in [5, 5.41) is 14.3. The average molecular weight is 225 g/mol. The highest BCUT2D eigenvalue weighted by Gasteiger charge is 2.39. The van der Waals surface area contributed by atoms with Gasteiger partial charge in [-0.15, -0.1) is 0 Å². The molecule has 2 nitrogen and oxygen atoms in total. The normalized spacial score (nSPS) is 41.6. The van der Waals surface area contributed by atoms with E-state index in [1.165, 1.54) is 44.9 Å². The molecule has 0 amide bonds. The van der Waals surface area contributed by atoms with E-state index in [4.69, 9.17) is 0 Å². The number of hydrogen-bond acceptors (Lipinski definition) is 2. The van der Waals surface area contributed by atoms with Gasteiger partial charge in [-0.3, -0.25) is 0 Å². The third kappa shape index (κ3) is 2.78. The van der Waals surface area contributed by atoms with Crippen LogP contribution < -0.4 is 5.32 Å². The van der Waals surface area contributed by atoms with E-state index in [0.717, 1.165) is 25.3 Å². The summed E-state index contributed by atoms with van der Waals surface area (Å²) in [5.74, 6) is 0.867. The second-order valence-corrected chi connectivity index (χ2v) is 5.81. The largest absolute Gasteiger partial charge is 0.388 e. The SMILES string of the molecule is CCC1CCC(O)(C2CCCCCN2)CC1. The van der Waals surface area contributed by atoms with Gasteiger partial charge >= 0.3 is 0 Å². The van der Waals surface area contributed by atoms with Gasteiger partial charge in [0, 0.05) is 6.04 Å². The molecule has 0 aromatic heterocycles. The van der Waals surface area contributed by atoms with Crippen LogP contribution in [0.3, 0.4) is 0 Å². The van der Waals surface area contributed by atoms with Gasteiger partial charge in [-0.1, -0.05) is 26.2 Å². The summed E-state index contributed by atoms with van der Waals surface area (Å²) < 4.78 is 0. The zero-order valence-corrected chi connectivity index (χ0v) is 10.7. The zero-order valence-electron chi connectivity index (χ0n) is 10.7. The van der Waals surface area contributed by atoms with Crippen molar-refractivity contribution in [2.75, 3.05) is 6.54 Å². The summed E-state index contributed by atoms with van der Waals surface area (Å²) >= 11 is 0. The lowest BCUT2D eigenvalue weighted by atomic mass is 9.73. The maximum atomic E-state index is 10.8. The second kappa shape index (κ2) is 5.50. The molecule has 1 saturated carbocycles. The minimum absolute atomic E-state index is 0.368. The summed E-state index contributed by atoms with van der Waals surface area (Å²) in [4.78, 5) is 0. The van der Waals surface area contributed by atoms with Gasteiger partial charge in [-0.05, 0) is 51.0 Å². The first-order valence-electron chi connectivity index (χ1n) is 7.20. The van der Waals surface area contributed by atoms with Gasteiger partial charge in [0.2, 0.25) is 0 Å². The van der Waals surface area contributed by atoms with Crippen LogP contribution >= 0.6 is 0 Å². The van der Waals surface area contributed by atoms with Crippen LogP contribution in [-0.4, -0.2) is 23.3 Å². The third-order valence-electron chi connectivity index (χ3n) is 4.76. The Balaban J connectivity index is 1.91. The van der Waals surface area contributed by atoms with Crippen LogP contribution in [0.15, 0.2) is 0 Å². The maximum Gasteiger partial charge on any atom is 0.0800 e. The van der Waals surface area contributed by atoms with E-state index in [2.05, 4.69) is 12.2 Å². The van der Waals surface area contributed by atoms with Crippen molar-refractivity contribution in [3.05, 3.63) is 0 Å². The molecule has 0 aromatic rings. The highest BCUT2D eigenvalue weighted by Crippen LogP contribution is 2.37. The molecule has 1 atom stereocenters. The Morgan fingerprint density at radius 3 is 2.56 bits per heavy atom. The lowest BCUT2D eigenvalue weighted by Crippen LogP contribution is -2.52. The highest BCUT2D eigenvalue weighted by atomic mass is 16.3. The molecule has 0 radical (unpaired) electrons. The minimum atomic E-state index is -0.393. The monoisotopic (exact) mass is 225 g/mol. The summed E-state index contributed by atoms with van der Waals surface area (Å²) in [5.41, 5.74) is -0.393. The molecule has 1 aliphatic heterocycles. The number of rotatable bonds is 2. The first-order chi connectivity index (χ1) is 7.74. The van der Waals surface area contributed by atoms with Gasteiger partial charge in [0.25, 0.3) is 0 Å². The molecular formula is C14H27NO. The van der Waals surface area contributed by atoms with Crippen LogP contribution in [0.4, 0.5) is 0 Å². The fourth-order valence-electron chi connectivity index (χ4n) is 3.42. The number of aliphatic hydroxyl groups is 1. The van der Waals surface area contributed by atoms with Gasteiger partial charge in [-0.2, -0.15) is 0 Å². The Bertz CT molecular complexity index is 201. The molecule has 2 aliphatic rings. The van der Waals surface area contributed by atoms with Crippen molar-refractivity contribution in [3.63, 3.8) is 0 Å². The fourth-order valence-corrected chi connectivity index (χ4v) is 3.42. The molecule has 0 spiro atoms. The maximum absolute atomic E-state index is 10.8. The van der Waals surface area contributed by atoms with E-state index >= 15 is 0 Å². The Morgan fingerprint density at radius 1 is 1.12 bits per heavy atom. The van der Waals surface area contributed by atoms with Crippen molar-refractivity contribution < 1.29 is 5.11 Å². The van der Waals surface area contributed by atoms with Gasteiger partial charge in [0.1, 0.15) is 0 Å². The summed E-state index contributed by atoms with van der Waals surface area (Å²) in [7, 11) is 0. The van der Waals surface area contributed by atoms with Gasteiger partial charge in [0.05, 0.1) is 5.60 Å². The smallest absolute Gasteiger partial charge is 0.0800 e. The van der Waals surface area contributed by atoms with E-state index < -0.39 is 5.60 Å². The van der Waals surface area contributed by atoms with Crippen molar-refractivity contribution >= 4 is 0 Å². The van der Waals surface area contributed by atoms with Gasteiger partial charge < -0.3 is 10.4 Å². The number of nitrogens with one attached hydrogen (secondary N) is 1. The summed E-state index contributed by atoms with van der Waals surface area (Å²) in [6, 6.07) is 0.368. The molecule has 2 rings (SSSR count). The van der Waals surface area contributed by atoms with Crippen LogP contribution in [0, 0.1) is 5.92 Å². The minimum Gasteiger partial charge on any atom is -0.388 e. The van der Waals surface area contributed by atoms with E-state index in [-0.39, 0.29) is 0 Å². The third-order valence-corrected chi connectivity index (χ3v) is 4.76. The topological polar surface area (TPSA) is 32.3 Å². The predicted molar refractivity (Wildman–Crippen MR) is 67.5 cm³/mol.